The highest BCUT2D eigenvalue weighted by Gasteiger charge is 2.11. The molecule has 0 amide bonds. The summed E-state index contributed by atoms with van der Waals surface area (Å²) in [6, 6.07) is 20.0. The summed E-state index contributed by atoms with van der Waals surface area (Å²) >= 11 is 1.49. The smallest absolute Gasteiger partial charge is 0.316 e. The van der Waals surface area contributed by atoms with E-state index in [4.69, 9.17) is 4.74 Å². The summed E-state index contributed by atoms with van der Waals surface area (Å²) in [5, 5.41) is 0. The molecule has 0 heterocycles. The van der Waals surface area contributed by atoms with Gasteiger partial charge in [0.25, 0.3) is 0 Å². The number of esters is 1. The summed E-state index contributed by atoms with van der Waals surface area (Å²) < 4.78 is 5.47. The van der Waals surface area contributed by atoms with Crippen LogP contribution in [0.25, 0.3) is 0 Å². The standard InChI is InChI=1S/C19H20O2S/c1-2-17(14-13-16-9-5-3-6-10-16)21-19(20)15-22-18-11-7-4-8-12-18/h2-12,17H,1,13-15H2/t17-/m1/s1. The number of hydrogen-bond acceptors (Lipinski definition) is 3. The van der Waals surface area contributed by atoms with Crippen molar-refractivity contribution in [2.24, 2.45) is 0 Å². The summed E-state index contributed by atoms with van der Waals surface area (Å²) in [4.78, 5) is 13.0. The van der Waals surface area contributed by atoms with Gasteiger partial charge in [-0.15, -0.1) is 11.8 Å². The summed E-state index contributed by atoms with van der Waals surface area (Å²) in [6.07, 6.45) is 3.10. The minimum absolute atomic E-state index is 0.202. The maximum Gasteiger partial charge on any atom is 0.316 e. The van der Waals surface area contributed by atoms with Crippen LogP contribution in [0.5, 0.6) is 0 Å². The molecular weight excluding hydrogens is 292 g/mol. The summed E-state index contributed by atoms with van der Waals surface area (Å²) in [5.41, 5.74) is 1.24. The maximum absolute atomic E-state index is 11.9. The van der Waals surface area contributed by atoms with Gasteiger partial charge in [-0.2, -0.15) is 0 Å². The van der Waals surface area contributed by atoms with Gasteiger partial charge in [0.2, 0.25) is 0 Å². The third-order valence-electron chi connectivity index (χ3n) is 3.21. The molecule has 3 heteroatoms. The Morgan fingerprint density at radius 1 is 1.09 bits per heavy atom. The van der Waals surface area contributed by atoms with Crippen LogP contribution in [-0.4, -0.2) is 17.8 Å². The molecule has 0 N–H and O–H groups in total. The highest BCUT2D eigenvalue weighted by molar-refractivity contribution is 8.00. The molecule has 0 spiro atoms. The molecule has 0 radical (unpaired) electrons. The van der Waals surface area contributed by atoms with Gasteiger partial charge in [-0.1, -0.05) is 61.2 Å². The number of carbonyl (C=O) groups is 1. The Morgan fingerprint density at radius 2 is 1.73 bits per heavy atom. The molecule has 0 saturated heterocycles. The number of carbonyl (C=O) groups excluding carboxylic acids is 1. The van der Waals surface area contributed by atoms with E-state index in [2.05, 4.69) is 18.7 Å². The quantitative estimate of drug-likeness (QED) is 0.407. The van der Waals surface area contributed by atoms with Gasteiger partial charge in [-0.05, 0) is 30.5 Å². The first kappa shape index (κ1) is 16.4. The number of thioether (sulfide) groups is 1. The lowest BCUT2D eigenvalue weighted by atomic mass is 10.1. The Bertz CT molecular complexity index is 581. The molecule has 0 aliphatic carbocycles. The minimum Gasteiger partial charge on any atom is -0.458 e. The fraction of sp³-hybridized carbons (Fsp3) is 0.211. The molecule has 114 valence electrons. The molecule has 2 rings (SSSR count). The Hall–Kier alpha value is -2.00. The van der Waals surface area contributed by atoms with Gasteiger partial charge in [-0.25, -0.2) is 0 Å². The summed E-state index contributed by atoms with van der Waals surface area (Å²) in [7, 11) is 0. The summed E-state index contributed by atoms with van der Waals surface area (Å²) in [5.74, 6) is 0.117. The second kappa shape index (κ2) is 9.11. The Labute approximate surface area is 136 Å². The van der Waals surface area contributed by atoms with Crippen LogP contribution in [0.15, 0.2) is 78.2 Å². The van der Waals surface area contributed by atoms with Gasteiger partial charge >= 0.3 is 5.97 Å². The van der Waals surface area contributed by atoms with Gasteiger partial charge in [0.15, 0.2) is 0 Å². The van der Waals surface area contributed by atoms with Crippen molar-refractivity contribution in [3.63, 3.8) is 0 Å². The molecule has 0 fully saturated rings. The lowest BCUT2D eigenvalue weighted by Crippen LogP contribution is -2.18. The first-order valence-electron chi connectivity index (χ1n) is 7.32. The predicted molar refractivity (Wildman–Crippen MR) is 92.0 cm³/mol. The van der Waals surface area contributed by atoms with Crippen molar-refractivity contribution >= 4 is 17.7 Å². The van der Waals surface area contributed by atoms with Crippen LogP contribution in [0.2, 0.25) is 0 Å². The van der Waals surface area contributed by atoms with Crippen LogP contribution in [0.4, 0.5) is 0 Å². The zero-order valence-corrected chi connectivity index (χ0v) is 13.3. The Kier molecular flexibility index (Phi) is 6.78. The zero-order valence-electron chi connectivity index (χ0n) is 12.5. The highest BCUT2D eigenvalue weighted by Crippen LogP contribution is 2.17. The normalized spacial score (nSPS) is 11.6. The molecule has 2 nitrogen and oxygen atoms in total. The van der Waals surface area contributed by atoms with E-state index in [1.807, 2.05) is 48.5 Å². The Morgan fingerprint density at radius 3 is 2.36 bits per heavy atom. The third kappa shape index (κ3) is 5.78. The first-order chi connectivity index (χ1) is 10.8. The van der Waals surface area contributed by atoms with Gasteiger partial charge in [0.05, 0.1) is 5.75 Å². The average Bonchev–Trinajstić information content (AvgIpc) is 2.58. The molecule has 0 aromatic heterocycles. The van der Waals surface area contributed by atoms with E-state index in [1.165, 1.54) is 17.3 Å². The topological polar surface area (TPSA) is 26.3 Å². The van der Waals surface area contributed by atoms with Gasteiger partial charge in [0, 0.05) is 4.90 Å². The van der Waals surface area contributed by atoms with Crippen LogP contribution >= 0.6 is 11.8 Å². The molecule has 0 aliphatic rings. The van der Waals surface area contributed by atoms with Crippen molar-refractivity contribution in [3.8, 4) is 0 Å². The van der Waals surface area contributed by atoms with E-state index < -0.39 is 0 Å². The average molecular weight is 312 g/mol. The van der Waals surface area contributed by atoms with E-state index in [0.29, 0.717) is 5.75 Å². The number of hydrogen-bond donors (Lipinski definition) is 0. The molecule has 0 saturated carbocycles. The van der Waals surface area contributed by atoms with Crippen molar-refractivity contribution in [1.29, 1.82) is 0 Å². The second-order valence-corrected chi connectivity index (χ2v) is 5.94. The van der Waals surface area contributed by atoms with E-state index in [9.17, 15) is 4.79 Å². The third-order valence-corrected chi connectivity index (χ3v) is 4.19. The monoisotopic (exact) mass is 312 g/mol. The summed E-state index contributed by atoms with van der Waals surface area (Å²) in [6.45, 7) is 3.76. The number of ether oxygens (including phenoxy) is 1. The molecule has 22 heavy (non-hydrogen) atoms. The number of benzene rings is 2. The fourth-order valence-electron chi connectivity index (χ4n) is 2.04. The maximum atomic E-state index is 11.9. The van der Waals surface area contributed by atoms with E-state index in [-0.39, 0.29) is 12.1 Å². The first-order valence-corrected chi connectivity index (χ1v) is 8.30. The lowest BCUT2D eigenvalue weighted by Gasteiger charge is -2.14. The van der Waals surface area contributed by atoms with E-state index in [1.54, 1.807) is 6.08 Å². The van der Waals surface area contributed by atoms with Crippen molar-refractivity contribution in [2.45, 2.75) is 23.8 Å². The van der Waals surface area contributed by atoms with E-state index >= 15 is 0 Å². The van der Waals surface area contributed by atoms with Gasteiger partial charge in [-0.3, -0.25) is 4.79 Å². The largest absolute Gasteiger partial charge is 0.458 e. The van der Waals surface area contributed by atoms with Crippen molar-refractivity contribution in [1.82, 2.24) is 0 Å². The highest BCUT2D eigenvalue weighted by atomic mass is 32.2. The van der Waals surface area contributed by atoms with Crippen LogP contribution in [0.1, 0.15) is 12.0 Å². The fourth-order valence-corrected chi connectivity index (χ4v) is 2.74. The molecule has 0 aliphatic heterocycles. The van der Waals surface area contributed by atoms with Crippen molar-refractivity contribution in [2.75, 3.05) is 5.75 Å². The van der Waals surface area contributed by atoms with Gasteiger partial charge < -0.3 is 4.74 Å². The number of aryl methyl sites for hydroxylation is 1. The van der Waals surface area contributed by atoms with Crippen molar-refractivity contribution < 1.29 is 9.53 Å². The Balaban J connectivity index is 1.74. The minimum atomic E-state index is -0.232. The molecule has 2 aromatic rings. The van der Waals surface area contributed by atoms with E-state index in [0.717, 1.165) is 17.7 Å². The SMILES string of the molecule is C=C[C@H](CCc1ccccc1)OC(=O)CSc1ccccc1. The second-order valence-electron chi connectivity index (χ2n) is 4.89. The number of rotatable bonds is 8. The predicted octanol–water partition coefficient (Wildman–Crippen LogP) is 4.51. The van der Waals surface area contributed by atoms with Crippen molar-refractivity contribution in [3.05, 3.63) is 78.9 Å². The molecular formula is C19H20O2S. The van der Waals surface area contributed by atoms with Crippen LogP contribution in [0.3, 0.4) is 0 Å². The zero-order chi connectivity index (χ0) is 15.6. The molecule has 1 atom stereocenters. The van der Waals surface area contributed by atoms with Crippen LogP contribution in [0, 0.1) is 0 Å². The molecule has 0 bridgehead atoms. The van der Waals surface area contributed by atoms with Gasteiger partial charge in [0.1, 0.15) is 6.10 Å². The lowest BCUT2D eigenvalue weighted by molar-refractivity contribution is -0.143. The van der Waals surface area contributed by atoms with Crippen LogP contribution < -0.4 is 0 Å². The van der Waals surface area contributed by atoms with Crippen LogP contribution in [-0.2, 0) is 16.0 Å². The molecule has 2 aromatic carbocycles. The molecule has 0 unspecified atom stereocenters.